The minimum absolute atomic E-state index is 0.0475. The van der Waals surface area contributed by atoms with Gasteiger partial charge in [0, 0.05) is 57.2 Å². The van der Waals surface area contributed by atoms with Crippen LogP contribution in [0.5, 0.6) is 0 Å². The molecule has 2 rings (SSSR count). The van der Waals surface area contributed by atoms with Gasteiger partial charge in [-0.05, 0) is 26.3 Å². The molecule has 0 aliphatic carbocycles. The van der Waals surface area contributed by atoms with Crippen molar-refractivity contribution in [2.24, 2.45) is 0 Å². The second-order valence-electron chi connectivity index (χ2n) is 6.97. The van der Waals surface area contributed by atoms with E-state index in [0.717, 1.165) is 17.7 Å². The summed E-state index contributed by atoms with van der Waals surface area (Å²) < 4.78 is 5.17. The van der Waals surface area contributed by atoms with Gasteiger partial charge < -0.3 is 9.64 Å². The van der Waals surface area contributed by atoms with Gasteiger partial charge in [0.15, 0.2) is 5.78 Å². The van der Waals surface area contributed by atoms with Crippen LogP contribution in [0.15, 0.2) is 24.3 Å². The highest BCUT2D eigenvalue weighted by Gasteiger charge is 2.31. The molecule has 25 heavy (non-hydrogen) atoms. The summed E-state index contributed by atoms with van der Waals surface area (Å²) in [6, 6.07) is 8.15. The summed E-state index contributed by atoms with van der Waals surface area (Å²) in [7, 11) is 1.71. The number of piperazine rings is 1. The van der Waals surface area contributed by atoms with E-state index in [1.165, 1.54) is 0 Å². The second kappa shape index (κ2) is 9.11. The molecule has 138 valence electrons. The van der Waals surface area contributed by atoms with Crippen LogP contribution in [0.1, 0.15) is 42.6 Å². The van der Waals surface area contributed by atoms with E-state index in [1.54, 1.807) is 7.11 Å². The lowest BCUT2D eigenvalue weighted by Crippen LogP contribution is -2.58. The number of benzene rings is 1. The standard InChI is InChI=1S/C20H30N2O3/c1-15-7-5-6-8-18(15)19(23)9-10-20(24)21-13-16(2)22(11-12-25-4)17(3)14-21/h5-8,16-17H,9-14H2,1-4H3. The Balaban J connectivity index is 1.87. The number of ketones is 1. The van der Waals surface area contributed by atoms with Crippen molar-refractivity contribution in [3.8, 4) is 0 Å². The van der Waals surface area contributed by atoms with Gasteiger partial charge in [0.25, 0.3) is 0 Å². The molecule has 1 heterocycles. The van der Waals surface area contributed by atoms with E-state index < -0.39 is 0 Å². The van der Waals surface area contributed by atoms with Crippen molar-refractivity contribution in [2.45, 2.75) is 45.7 Å². The Morgan fingerprint density at radius 2 is 1.76 bits per heavy atom. The van der Waals surface area contributed by atoms with Crippen molar-refractivity contribution in [3.63, 3.8) is 0 Å². The third-order valence-corrected chi connectivity index (χ3v) is 5.02. The van der Waals surface area contributed by atoms with Gasteiger partial charge in [-0.25, -0.2) is 0 Å². The van der Waals surface area contributed by atoms with Crippen molar-refractivity contribution in [1.29, 1.82) is 0 Å². The zero-order chi connectivity index (χ0) is 18.4. The minimum atomic E-state index is 0.0475. The van der Waals surface area contributed by atoms with Crippen molar-refractivity contribution in [2.75, 3.05) is 33.4 Å². The molecule has 1 amide bonds. The first kappa shape index (κ1) is 19.6. The molecule has 2 unspecified atom stereocenters. The first-order valence-corrected chi connectivity index (χ1v) is 9.05. The molecule has 0 radical (unpaired) electrons. The Morgan fingerprint density at radius 3 is 2.36 bits per heavy atom. The number of ether oxygens (including phenoxy) is 1. The number of carbonyl (C=O) groups excluding carboxylic acids is 2. The normalized spacial score (nSPS) is 21.4. The fourth-order valence-electron chi connectivity index (χ4n) is 3.60. The fourth-order valence-corrected chi connectivity index (χ4v) is 3.60. The van der Waals surface area contributed by atoms with Gasteiger partial charge in [-0.1, -0.05) is 24.3 Å². The molecule has 1 aliphatic rings. The molecule has 0 N–H and O–H groups in total. The topological polar surface area (TPSA) is 49.9 Å². The average Bonchev–Trinajstić information content (AvgIpc) is 2.59. The molecule has 1 saturated heterocycles. The quantitative estimate of drug-likeness (QED) is 0.712. The number of nitrogens with zero attached hydrogens (tertiary/aromatic N) is 2. The summed E-state index contributed by atoms with van der Waals surface area (Å²) in [5.74, 6) is 0.123. The summed E-state index contributed by atoms with van der Waals surface area (Å²) >= 11 is 0. The van der Waals surface area contributed by atoms with Crippen LogP contribution in [-0.2, 0) is 9.53 Å². The lowest BCUT2D eigenvalue weighted by molar-refractivity contribution is -0.135. The highest BCUT2D eigenvalue weighted by Crippen LogP contribution is 2.17. The van der Waals surface area contributed by atoms with Crippen LogP contribution in [0.4, 0.5) is 0 Å². The van der Waals surface area contributed by atoms with Gasteiger partial charge in [0.2, 0.25) is 5.91 Å². The van der Waals surface area contributed by atoms with Crippen LogP contribution in [-0.4, -0.2) is 66.9 Å². The molecule has 2 atom stereocenters. The molecule has 1 aliphatic heterocycles. The van der Waals surface area contributed by atoms with Crippen LogP contribution in [0.3, 0.4) is 0 Å². The van der Waals surface area contributed by atoms with Crippen LogP contribution in [0.25, 0.3) is 0 Å². The number of amides is 1. The Hall–Kier alpha value is -1.72. The highest BCUT2D eigenvalue weighted by atomic mass is 16.5. The maximum atomic E-state index is 12.6. The van der Waals surface area contributed by atoms with E-state index in [-0.39, 0.29) is 24.5 Å². The molecule has 1 aromatic carbocycles. The fraction of sp³-hybridized carbons (Fsp3) is 0.600. The number of hydrogen-bond donors (Lipinski definition) is 0. The SMILES string of the molecule is COCCN1C(C)CN(C(=O)CCC(=O)c2ccccc2C)CC1C. The Kier molecular flexibility index (Phi) is 7.14. The number of carbonyl (C=O) groups is 2. The molecule has 1 aromatic rings. The minimum Gasteiger partial charge on any atom is -0.383 e. The first-order valence-electron chi connectivity index (χ1n) is 9.05. The van der Waals surface area contributed by atoms with Crippen LogP contribution in [0.2, 0.25) is 0 Å². The Labute approximate surface area is 150 Å². The summed E-state index contributed by atoms with van der Waals surface area (Å²) in [5.41, 5.74) is 1.69. The lowest BCUT2D eigenvalue weighted by Gasteiger charge is -2.44. The molecule has 0 aromatic heterocycles. The Morgan fingerprint density at radius 1 is 1.12 bits per heavy atom. The van der Waals surface area contributed by atoms with Gasteiger partial charge >= 0.3 is 0 Å². The van der Waals surface area contributed by atoms with Crippen molar-refractivity contribution >= 4 is 11.7 Å². The maximum Gasteiger partial charge on any atom is 0.223 e. The van der Waals surface area contributed by atoms with Gasteiger partial charge in [0.1, 0.15) is 0 Å². The van der Waals surface area contributed by atoms with Crippen molar-refractivity contribution < 1.29 is 14.3 Å². The molecule has 0 bridgehead atoms. The summed E-state index contributed by atoms with van der Waals surface area (Å²) in [5, 5.41) is 0. The average molecular weight is 346 g/mol. The van der Waals surface area contributed by atoms with E-state index in [4.69, 9.17) is 4.74 Å². The predicted molar refractivity (Wildman–Crippen MR) is 98.8 cm³/mol. The molecule has 1 fully saturated rings. The number of methoxy groups -OCH3 is 1. The van der Waals surface area contributed by atoms with Crippen molar-refractivity contribution in [3.05, 3.63) is 35.4 Å². The molecule has 0 saturated carbocycles. The zero-order valence-electron chi connectivity index (χ0n) is 15.8. The number of Topliss-reactive ketones (excluding diaryl/α,β-unsaturated/α-hetero) is 1. The number of aryl methyl sites for hydroxylation is 1. The number of rotatable bonds is 7. The van der Waals surface area contributed by atoms with E-state index in [2.05, 4.69) is 18.7 Å². The predicted octanol–water partition coefficient (Wildman–Crippen LogP) is 2.53. The zero-order valence-corrected chi connectivity index (χ0v) is 15.8. The van der Waals surface area contributed by atoms with Gasteiger partial charge in [-0.3, -0.25) is 14.5 Å². The van der Waals surface area contributed by atoms with Crippen molar-refractivity contribution in [1.82, 2.24) is 9.80 Å². The molecule has 5 nitrogen and oxygen atoms in total. The third kappa shape index (κ3) is 5.13. The lowest BCUT2D eigenvalue weighted by atomic mass is 10.0. The highest BCUT2D eigenvalue weighted by molar-refractivity contribution is 5.99. The molecule has 5 heteroatoms. The van der Waals surface area contributed by atoms with E-state index >= 15 is 0 Å². The van der Waals surface area contributed by atoms with E-state index in [9.17, 15) is 9.59 Å². The van der Waals surface area contributed by atoms with Crippen LogP contribution < -0.4 is 0 Å². The summed E-state index contributed by atoms with van der Waals surface area (Å²) in [4.78, 5) is 29.2. The van der Waals surface area contributed by atoms with Gasteiger partial charge in [-0.15, -0.1) is 0 Å². The molecule has 0 spiro atoms. The molecular formula is C20H30N2O3. The Bertz CT molecular complexity index is 590. The van der Waals surface area contributed by atoms with Gasteiger partial charge in [-0.2, -0.15) is 0 Å². The number of hydrogen-bond acceptors (Lipinski definition) is 4. The first-order chi connectivity index (χ1) is 11.9. The largest absolute Gasteiger partial charge is 0.383 e. The monoisotopic (exact) mass is 346 g/mol. The maximum absolute atomic E-state index is 12.6. The van der Waals surface area contributed by atoms with E-state index in [0.29, 0.717) is 31.8 Å². The summed E-state index contributed by atoms with van der Waals surface area (Å²) in [6.07, 6.45) is 0.557. The van der Waals surface area contributed by atoms with Crippen LogP contribution >= 0.6 is 0 Å². The second-order valence-corrected chi connectivity index (χ2v) is 6.97. The smallest absolute Gasteiger partial charge is 0.223 e. The third-order valence-electron chi connectivity index (χ3n) is 5.02. The van der Waals surface area contributed by atoms with Gasteiger partial charge in [0.05, 0.1) is 6.61 Å². The van der Waals surface area contributed by atoms with E-state index in [1.807, 2.05) is 36.1 Å². The van der Waals surface area contributed by atoms with Crippen LogP contribution in [0, 0.1) is 6.92 Å². The molecular weight excluding hydrogens is 316 g/mol. The summed E-state index contributed by atoms with van der Waals surface area (Å²) in [6.45, 7) is 9.23.